The lowest BCUT2D eigenvalue weighted by Crippen LogP contribution is -2.21. The van der Waals surface area contributed by atoms with Crippen molar-refractivity contribution in [3.8, 4) is 17.2 Å². The Bertz CT molecular complexity index is 1600. The van der Waals surface area contributed by atoms with Crippen LogP contribution in [0.4, 0.5) is 17.6 Å². The van der Waals surface area contributed by atoms with Crippen LogP contribution in [0.15, 0.2) is 42.5 Å². The van der Waals surface area contributed by atoms with E-state index in [1.165, 1.54) is 31.2 Å². The molecule has 8 nitrogen and oxygen atoms in total. The number of alkyl halides is 3. The molecule has 0 fully saturated rings. The Morgan fingerprint density at radius 3 is 2.39 bits per heavy atom. The van der Waals surface area contributed by atoms with Gasteiger partial charge < -0.3 is 11.5 Å². The minimum absolute atomic E-state index is 0.0944. The Morgan fingerprint density at radius 1 is 1.08 bits per heavy atom. The van der Waals surface area contributed by atoms with Crippen LogP contribution in [0.25, 0.3) is 22.0 Å². The van der Waals surface area contributed by atoms with Crippen LogP contribution in [0, 0.1) is 24.1 Å². The number of hydrogen-bond acceptors (Lipinski definition) is 5. The van der Waals surface area contributed by atoms with Crippen LogP contribution in [0.2, 0.25) is 0 Å². The fourth-order valence-electron chi connectivity index (χ4n) is 4.04. The lowest BCUT2D eigenvalue weighted by Gasteiger charge is -2.16. The summed E-state index contributed by atoms with van der Waals surface area (Å²) in [6, 6.07) is 11.0. The molecule has 0 bridgehead atoms. The van der Waals surface area contributed by atoms with E-state index in [0.29, 0.717) is 0 Å². The third kappa shape index (κ3) is 4.11. The van der Waals surface area contributed by atoms with Gasteiger partial charge in [0.2, 0.25) is 5.91 Å². The number of nitriles is 1. The van der Waals surface area contributed by atoms with E-state index >= 15 is 0 Å². The van der Waals surface area contributed by atoms with Crippen molar-refractivity contribution in [1.29, 1.82) is 5.26 Å². The molecule has 12 heteroatoms. The van der Waals surface area contributed by atoms with Gasteiger partial charge in [0, 0.05) is 22.2 Å². The number of aromatic nitrogens is 3. The maximum atomic E-state index is 14.2. The molecule has 0 saturated heterocycles. The third-order valence-electron chi connectivity index (χ3n) is 5.61. The summed E-state index contributed by atoms with van der Waals surface area (Å²) in [6.45, 7) is 0.953. The number of amides is 2. The molecule has 0 aliphatic carbocycles. The van der Waals surface area contributed by atoms with Gasteiger partial charge in [-0.05, 0) is 30.7 Å². The van der Waals surface area contributed by atoms with Crippen molar-refractivity contribution in [3.05, 3.63) is 82.1 Å². The minimum atomic E-state index is -5.03. The molecule has 2 aromatic heterocycles. The van der Waals surface area contributed by atoms with E-state index < -0.39 is 46.3 Å². The molecule has 0 unspecified atom stereocenters. The van der Waals surface area contributed by atoms with Crippen molar-refractivity contribution in [1.82, 2.24) is 14.8 Å². The molecule has 36 heavy (non-hydrogen) atoms. The summed E-state index contributed by atoms with van der Waals surface area (Å²) in [5, 5.41) is 13.1. The lowest BCUT2D eigenvalue weighted by atomic mass is 9.92. The molecule has 182 valence electrons. The molecule has 4 aromatic rings. The summed E-state index contributed by atoms with van der Waals surface area (Å²) < 4.78 is 57.1. The van der Waals surface area contributed by atoms with Gasteiger partial charge in [-0.2, -0.15) is 23.5 Å². The SMILES string of the molecule is Cc1c(-c2c(C(N)=O)nc3ccccc3c2C(N)=O)c(C(F)(F)F)nn1Cc1ccc(F)cc1C#N. The number of para-hydroxylation sites is 1. The number of nitrogens with zero attached hydrogens (tertiary/aromatic N) is 4. The average molecular weight is 496 g/mol. The summed E-state index contributed by atoms with van der Waals surface area (Å²) in [4.78, 5) is 29.0. The van der Waals surface area contributed by atoms with E-state index in [4.69, 9.17) is 11.5 Å². The number of pyridine rings is 1. The number of primary amides is 2. The zero-order chi connectivity index (χ0) is 26.4. The summed E-state index contributed by atoms with van der Waals surface area (Å²) >= 11 is 0. The van der Waals surface area contributed by atoms with E-state index in [2.05, 4.69) is 10.1 Å². The molecular weight excluding hydrogens is 480 g/mol. The number of carbonyl (C=O) groups is 2. The van der Waals surface area contributed by atoms with Gasteiger partial charge in [0.15, 0.2) is 5.69 Å². The first-order chi connectivity index (χ1) is 16.9. The molecule has 0 radical (unpaired) electrons. The molecule has 0 aliphatic rings. The molecule has 2 amide bonds. The maximum Gasteiger partial charge on any atom is 0.435 e. The van der Waals surface area contributed by atoms with Gasteiger partial charge in [0.1, 0.15) is 11.5 Å². The Morgan fingerprint density at radius 2 is 1.78 bits per heavy atom. The number of nitrogens with two attached hydrogens (primary N) is 2. The number of halogens is 4. The van der Waals surface area contributed by atoms with Crippen LogP contribution in [-0.4, -0.2) is 26.6 Å². The molecule has 2 aromatic carbocycles. The van der Waals surface area contributed by atoms with Crippen molar-refractivity contribution in [2.75, 3.05) is 0 Å². The molecule has 4 rings (SSSR count). The highest BCUT2D eigenvalue weighted by molar-refractivity contribution is 6.15. The average Bonchev–Trinajstić information content (AvgIpc) is 3.14. The quantitative estimate of drug-likeness (QED) is 0.406. The van der Waals surface area contributed by atoms with Crippen LogP contribution in [0.1, 0.15) is 43.4 Å². The highest BCUT2D eigenvalue weighted by Gasteiger charge is 2.41. The fraction of sp³-hybridized carbons (Fsp3) is 0.125. The third-order valence-corrected chi connectivity index (χ3v) is 5.61. The van der Waals surface area contributed by atoms with E-state index in [0.717, 1.165) is 16.8 Å². The van der Waals surface area contributed by atoms with Crippen molar-refractivity contribution in [2.45, 2.75) is 19.6 Å². The second-order valence-electron chi connectivity index (χ2n) is 7.83. The number of fused-ring (bicyclic) bond motifs is 1. The number of rotatable bonds is 5. The van der Waals surface area contributed by atoms with Crippen LogP contribution in [0.3, 0.4) is 0 Å². The summed E-state index contributed by atoms with van der Waals surface area (Å²) in [7, 11) is 0. The number of carbonyl (C=O) groups excluding carboxylic acids is 2. The predicted octanol–water partition coefficient (Wildman–Crippen LogP) is 3.68. The molecule has 2 heterocycles. The Hall–Kier alpha value is -4.79. The van der Waals surface area contributed by atoms with Crippen molar-refractivity contribution < 1.29 is 27.2 Å². The Balaban J connectivity index is 2.09. The summed E-state index contributed by atoms with van der Waals surface area (Å²) in [5.74, 6) is -2.97. The van der Waals surface area contributed by atoms with Gasteiger partial charge in [-0.25, -0.2) is 9.37 Å². The molecule has 0 saturated carbocycles. The van der Waals surface area contributed by atoms with Crippen LogP contribution < -0.4 is 11.5 Å². The maximum absolute atomic E-state index is 14.2. The highest BCUT2D eigenvalue weighted by atomic mass is 19.4. The molecule has 0 spiro atoms. The van der Waals surface area contributed by atoms with Gasteiger partial charge in [0.25, 0.3) is 5.91 Å². The fourth-order valence-corrected chi connectivity index (χ4v) is 4.04. The molecular formula is C24H16F4N6O2. The standard InChI is InChI=1S/C24H16F4N6O2/c1-11-17(19-18(22(30)35)15-4-2-3-5-16(15)32-20(19)23(31)36)21(24(26,27)28)33-34(11)10-12-6-7-14(25)8-13(12)9-29/h2-8H,10H2,1H3,(H2,30,35)(H2,31,36). The highest BCUT2D eigenvalue weighted by Crippen LogP contribution is 2.42. The van der Waals surface area contributed by atoms with Crippen molar-refractivity contribution >= 4 is 22.7 Å². The van der Waals surface area contributed by atoms with E-state index in [-0.39, 0.29) is 39.8 Å². The smallest absolute Gasteiger partial charge is 0.366 e. The zero-order valence-corrected chi connectivity index (χ0v) is 18.5. The summed E-state index contributed by atoms with van der Waals surface area (Å²) in [6.07, 6.45) is -5.03. The van der Waals surface area contributed by atoms with Crippen molar-refractivity contribution in [2.24, 2.45) is 11.5 Å². The molecule has 0 aliphatic heterocycles. The minimum Gasteiger partial charge on any atom is -0.366 e. The van der Waals surface area contributed by atoms with Crippen LogP contribution in [0.5, 0.6) is 0 Å². The second kappa shape index (κ2) is 8.77. The van der Waals surface area contributed by atoms with Gasteiger partial charge >= 0.3 is 6.18 Å². The first-order valence-corrected chi connectivity index (χ1v) is 10.3. The van der Waals surface area contributed by atoms with Gasteiger partial charge in [-0.1, -0.05) is 24.3 Å². The first kappa shape index (κ1) is 24.3. The Labute approximate surface area is 200 Å². The van der Waals surface area contributed by atoms with E-state index in [1.807, 2.05) is 0 Å². The largest absolute Gasteiger partial charge is 0.435 e. The van der Waals surface area contributed by atoms with Gasteiger partial charge in [0.05, 0.1) is 29.3 Å². The Kier molecular flexibility index (Phi) is 5.93. The number of benzene rings is 2. The van der Waals surface area contributed by atoms with Crippen LogP contribution >= 0.6 is 0 Å². The topological polar surface area (TPSA) is 141 Å². The van der Waals surface area contributed by atoms with E-state index in [1.54, 1.807) is 12.1 Å². The lowest BCUT2D eigenvalue weighted by molar-refractivity contribution is -0.141. The van der Waals surface area contributed by atoms with Gasteiger partial charge in [-0.15, -0.1) is 0 Å². The monoisotopic (exact) mass is 496 g/mol. The van der Waals surface area contributed by atoms with E-state index in [9.17, 15) is 32.4 Å². The molecule has 4 N–H and O–H groups in total. The predicted molar refractivity (Wildman–Crippen MR) is 120 cm³/mol. The first-order valence-electron chi connectivity index (χ1n) is 10.3. The zero-order valence-electron chi connectivity index (χ0n) is 18.5. The van der Waals surface area contributed by atoms with Crippen LogP contribution in [-0.2, 0) is 12.7 Å². The summed E-state index contributed by atoms with van der Waals surface area (Å²) in [5.41, 5.74) is 7.70. The second-order valence-corrected chi connectivity index (χ2v) is 7.83. The molecule has 0 atom stereocenters. The van der Waals surface area contributed by atoms with Crippen molar-refractivity contribution in [3.63, 3.8) is 0 Å². The van der Waals surface area contributed by atoms with Gasteiger partial charge in [-0.3, -0.25) is 14.3 Å². The normalized spacial score (nSPS) is 11.4. The number of hydrogen-bond donors (Lipinski definition) is 2.